The van der Waals surface area contributed by atoms with Gasteiger partial charge in [0.2, 0.25) is 0 Å². The van der Waals surface area contributed by atoms with Crippen LogP contribution in [0, 0.1) is 24.0 Å². The number of thioether (sulfide) groups is 1. The number of benzene rings is 1. The summed E-state index contributed by atoms with van der Waals surface area (Å²) >= 11 is 1.16. The molecule has 7 nitrogen and oxygen atoms in total. The summed E-state index contributed by atoms with van der Waals surface area (Å²) in [7, 11) is 0. The lowest BCUT2D eigenvalue weighted by Gasteiger charge is -2.02. The first-order valence-electron chi connectivity index (χ1n) is 7.03. The van der Waals surface area contributed by atoms with Gasteiger partial charge in [0.25, 0.3) is 5.91 Å². The molecular formula is C16H13N3O4S. The van der Waals surface area contributed by atoms with E-state index < -0.39 is 4.92 Å². The van der Waals surface area contributed by atoms with Crippen molar-refractivity contribution in [1.82, 2.24) is 5.32 Å². The number of amidine groups is 1. The minimum Gasteiger partial charge on any atom is -0.401 e. The van der Waals surface area contributed by atoms with E-state index in [4.69, 9.17) is 4.42 Å². The fourth-order valence-electron chi connectivity index (χ4n) is 2.17. The molecule has 1 saturated heterocycles. The third kappa shape index (κ3) is 3.38. The monoisotopic (exact) mass is 343 g/mol. The van der Waals surface area contributed by atoms with Gasteiger partial charge in [-0.2, -0.15) is 0 Å². The van der Waals surface area contributed by atoms with E-state index in [-0.39, 0.29) is 17.6 Å². The Balaban J connectivity index is 1.83. The number of hydrogen-bond acceptors (Lipinski definition) is 6. The molecule has 1 fully saturated rings. The Bertz CT molecular complexity index is 898. The Kier molecular flexibility index (Phi) is 4.22. The molecule has 0 bridgehead atoms. The van der Waals surface area contributed by atoms with Crippen LogP contribution in [0.25, 0.3) is 6.08 Å². The van der Waals surface area contributed by atoms with Crippen molar-refractivity contribution in [2.75, 3.05) is 0 Å². The van der Waals surface area contributed by atoms with Crippen molar-refractivity contribution in [2.45, 2.75) is 13.8 Å². The van der Waals surface area contributed by atoms with Crippen molar-refractivity contribution in [1.29, 1.82) is 0 Å². The van der Waals surface area contributed by atoms with E-state index in [1.807, 2.05) is 32.0 Å². The first kappa shape index (κ1) is 16.0. The number of aryl methyl sites for hydroxylation is 2. The van der Waals surface area contributed by atoms with Crippen LogP contribution in [0.1, 0.15) is 16.9 Å². The molecule has 0 radical (unpaired) electrons. The molecule has 1 aromatic carbocycles. The minimum absolute atomic E-state index is 0.243. The van der Waals surface area contributed by atoms with Crippen molar-refractivity contribution in [3.63, 3.8) is 0 Å². The second kappa shape index (κ2) is 6.32. The highest BCUT2D eigenvalue weighted by atomic mass is 32.2. The molecule has 1 N–H and O–H groups in total. The SMILES string of the molecule is Cc1ccc(N=C2NC(=O)/C(=C\c3ccc([N+](=O)[O-])o3)S2)c(C)c1. The van der Waals surface area contributed by atoms with Gasteiger partial charge in [-0.3, -0.25) is 14.9 Å². The lowest BCUT2D eigenvalue weighted by Crippen LogP contribution is -2.19. The van der Waals surface area contributed by atoms with Crippen molar-refractivity contribution in [3.8, 4) is 0 Å². The second-order valence-corrected chi connectivity index (χ2v) is 6.24. The first-order chi connectivity index (χ1) is 11.4. The molecule has 0 aliphatic carbocycles. The van der Waals surface area contributed by atoms with Gasteiger partial charge in [-0.25, -0.2) is 4.99 Å². The maximum Gasteiger partial charge on any atom is 0.433 e. The summed E-state index contributed by atoms with van der Waals surface area (Å²) in [5, 5.41) is 13.7. The maximum atomic E-state index is 12.0. The number of rotatable bonds is 3. The Morgan fingerprint density at radius 1 is 1.29 bits per heavy atom. The van der Waals surface area contributed by atoms with E-state index >= 15 is 0 Å². The van der Waals surface area contributed by atoms with Crippen molar-refractivity contribution >= 4 is 40.5 Å². The van der Waals surface area contributed by atoms with Crippen molar-refractivity contribution in [3.05, 3.63) is 62.2 Å². The Labute approximate surface area is 141 Å². The molecule has 1 amide bonds. The number of nitro groups is 1. The zero-order valence-corrected chi connectivity index (χ0v) is 13.7. The van der Waals surface area contributed by atoms with Crippen LogP contribution >= 0.6 is 11.8 Å². The predicted octanol–water partition coefficient (Wildman–Crippen LogP) is 3.70. The maximum absolute atomic E-state index is 12.0. The first-order valence-corrected chi connectivity index (χ1v) is 7.85. The molecule has 2 heterocycles. The summed E-state index contributed by atoms with van der Waals surface area (Å²) in [6, 6.07) is 8.54. The summed E-state index contributed by atoms with van der Waals surface area (Å²) in [4.78, 5) is 26.8. The summed E-state index contributed by atoms with van der Waals surface area (Å²) in [5.41, 5.74) is 2.93. The molecule has 0 unspecified atom stereocenters. The Hall–Kier alpha value is -2.87. The van der Waals surface area contributed by atoms with Crippen LogP contribution in [-0.2, 0) is 4.79 Å². The predicted molar refractivity (Wildman–Crippen MR) is 92.1 cm³/mol. The zero-order chi connectivity index (χ0) is 17.3. The van der Waals surface area contributed by atoms with Gasteiger partial charge in [-0.15, -0.1) is 0 Å². The van der Waals surface area contributed by atoms with Gasteiger partial charge < -0.3 is 9.73 Å². The average Bonchev–Trinajstić information content (AvgIpc) is 3.10. The van der Waals surface area contributed by atoms with Gasteiger partial charge >= 0.3 is 5.88 Å². The highest BCUT2D eigenvalue weighted by Gasteiger charge is 2.25. The fourth-order valence-corrected chi connectivity index (χ4v) is 2.98. The molecule has 2 aromatic rings. The van der Waals surface area contributed by atoms with E-state index in [1.165, 1.54) is 18.2 Å². The normalized spacial score (nSPS) is 17.5. The minimum atomic E-state index is -0.628. The van der Waals surface area contributed by atoms with Crippen LogP contribution in [0.15, 0.2) is 44.6 Å². The number of carbonyl (C=O) groups excluding carboxylic acids is 1. The lowest BCUT2D eigenvalue weighted by atomic mass is 10.1. The molecule has 122 valence electrons. The molecule has 3 rings (SSSR count). The quantitative estimate of drug-likeness (QED) is 0.520. The molecule has 0 atom stereocenters. The molecular weight excluding hydrogens is 330 g/mol. The van der Waals surface area contributed by atoms with Crippen LogP contribution in [0.3, 0.4) is 0 Å². The van der Waals surface area contributed by atoms with Gasteiger partial charge in [-0.05, 0) is 43.3 Å². The zero-order valence-electron chi connectivity index (χ0n) is 12.9. The summed E-state index contributed by atoms with van der Waals surface area (Å²) < 4.78 is 5.03. The van der Waals surface area contributed by atoms with Gasteiger partial charge in [0.05, 0.1) is 16.7 Å². The van der Waals surface area contributed by atoms with Crippen LogP contribution in [0.4, 0.5) is 11.6 Å². The van der Waals surface area contributed by atoms with E-state index in [2.05, 4.69) is 10.3 Å². The van der Waals surface area contributed by atoms with Gasteiger partial charge in [0.1, 0.15) is 10.7 Å². The number of aliphatic imine (C=N–C) groups is 1. The van der Waals surface area contributed by atoms with Crippen LogP contribution in [0.5, 0.6) is 0 Å². The third-order valence-electron chi connectivity index (χ3n) is 3.29. The molecule has 0 spiro atoms. The number of hydrogen-bond donors (Lipinski definition) is 1. The topological polar surface area (TPSA) is 97.7 Å². The second-order valence-electron chi connectivity index (χ2n) is 5.20. The van der Waals surface area contributed by atoms with E-state index in [9.17, 15) is 14.9 Å². The number of nitrogens with zero attached hydrogens (tertiary/aromatic N) is 2. The molecule has 1 aliphatic heterocycles. The van der Waals surface area contributed by atoms with E-state index in [0.717, 1.165) is 28.6 Å². The molecule has 24 heavy (non-hydrogen) atoms. The van der Waals surface area contributed by atoms with E-state index in [1.54, 1.807) is 0 Å². The number of carbonyl (C=O) groups is 1. The van der Waals surface area contributed by atoms with Gasteiger partial charge in [0.15, 0.2) is 5.17 Å². The fraction of sp³-hybridized carbons (Fsp3) is 0.125. The van der Waals surface area contributed by atoms with Crippen molar-refractivity contribution in [2.24, 2.45) is 4.99 Å². The largest absolute Gasteiger partial charge is 0.433 e. The Morgan fingerprint density at radius 2 is 2.08 bits per heavy atom. The summed E-state index contributed by atoms with van der Waals surface area (Å²) in [5.74, 6) is -0.441. The van der Waals surface area contributed by atoms with Gasteiger partial charge in [-0.1, -0.05) is 17.7 Å². The van der Waals surface area contributed by atoms with Crippen LogP contribution in [-0.4, -0.2) is 16.0 Å². The molecule has 0 saturated carbocycles. The smallest absolute Gasteiger partial charge is 0.401 e. The Morgan fingerprint density at radius 3 is 2.75 bits per heavy atom. The molecule has 8 heteroatoms. The van der Waals surface area contributed by atoms with Gasteiger partial charge in [0, 0.05) is 6.08 Å². The highest BCUT2D eigenvalue weighted by Crippen LogP contribution is 2.30. The van der Waals surface area contributed by atoms with Crippen molar-refractivity contribution < 1.29 is 14.1 Å². The highest BCUT2D eigenvalue weighted by molar-refractivity contribution is 8.18. The summed E-state index contributed by atoms with van der Waals surface area (Å²) in [6.45, 7) is 3.95. The van der Waals surface area contributed by atoms with Crippen LogP contribution in [0.2, 0.25) is 0 Å². The molecule has 1 aliphatic rings. The number of furan rings is 1. The summed E-state index contributed by atoms with van der Waals surface area (Å²) in [6.07, 6.45) is 1.46. The third-order valence-corrected chi connectivity index (χ3v) is 4.20. The standard InChI is InChI=1S/C16H13N3O4S/c1-9-3-5-12(10(2)7-9)17-16-18-15(20)13(24-16)8-11-4-6-14(23-11)19(21)22/h3-8H,1-2H3,(H,17,18,20)/b13-8+. The number of nitrogens with one attached hydrogen (secondary N) is 1. The lowest BCUT2D eigenvalue weighted by molar-refractivity contribution is -0.402. The van der Waals surface area contributed by atoms with E-state index in [0.29, 0.717) is 10.1 Å². The average molecular weight is 343 g/mol. The van der Waals surface area contributed by atoms with Crippen LogP contribution < -0.4 is 5.32 Å². The molecule has 1 aromatic heterocycles. The number of amides is 1.